The molecule has 2 rings (SSSR count). The molecule has 6 heteroatoms. The van der Waals surface area contributed by atoms with Gasteiger partial charge in [0.2, 0.25) is 0 Å². The maximum atomic E-state index is 13.2. The minimum atomic E-state index is -3.02. The fourth-order valence-corrected chi connectivity index (χ4v) is 1.73. The molecular weight excluding hydrogens is 244 g/mol. The SMILES string of the molecule is O=C1c2ccccc2C(=O)N1C(F)(Cl)Cl. The average Bonchev–Trinajstić information content (AvgIpc) is 2.39. The van der Waals surface area contributed by atoms with Crippen LogP contribution in [0.5, 0.6) is 0 Å². The quantitative estimate of drug-likeness (QED) is 0.434. The Hall–Kier alpha value is -1.13. The first kappa shape index (κ1) is 10.4. The van der Waals surface area contributed by atoms with Crippen molar-refractivity contribution in [2.24, 2.45) is 0 Å². The summed E-state index contributed by atoms with van der Waals surface area (Å²) in [7, 11) is 0. The summed E-state index contributed by atoms with van der Waals surface area (Å²) in [5.41, 5.74) is 0.205. The number of rotatable bonds is 1. The number of amides is 2. The lowest BCUT2D eigenvalue weighted by atomic mass is 10.1. The highest BCUT2D eigenvalue weighted by atomic mass is 35.5. The Morgan fingerprint density at radius 3 is 1.80 bits per heavy atom. The average molecular weight is 248 g/mol. The van der Waals surface area contributed by atoms with Gasteiger partial charge in [-0.2, -0.15) is 4.39 Å². The molecule has 3 nitrogen and oxygen atoms in total. The Bertz CT molecular complexity index is 421. The molecule has 0 bridgehead atoms. The number of nitrogens with zero attached hydrogens (tertiary/aromatic N) is 1. The molecule has 0 spiro atoms. The summed E-state index contributed by atoms with van der Waals surface area (Å²) in [5, 5.41) is 0. The van der Waals surface area contributed by atoms with Crippen molar-refractivity contribution in [3.63, 3.8) is 0 Å². The second-order valence-corrected chi connectivity index (χ2v) is 4.15. The fraction of sp³-hybridized carbons (Fsp3) is 0.111. The van der Waals surface area contributed by atoms with Gasteiger partial charge >= 0.3 is 4.71 Å². The molecule has 1 heterocycles. The third-order valence-electron chi connectivity index (χ3n) is 2.05. The van der Waals surface area contributed by atoms with Crippen LogP contribution in [0.25, 0.3) is 0 Å². The van der Waals surface area contributed by atoms with Crippen LogP contribution in [0.3, 0.4) is 0 Å². The Kier molecular flexibility index (Phi) is 2.20. The standard InChI is InChI=1S/C9H4Cl2FNO2/c10-9(11,12)13-7(14)5-3-1-2-4-6(5)8(13)15/h1-4H. The number of halogens is 3. The highest BCUT2D eigenvalue weighted by molar-refractivity contribution is 6.49. The Morgan fingerprint density at radius 1 is 1.07 bits per heavy atom. The number of carbonyl (C=O) groups is 2. The van der Waals surface area contributed by atoms with E-state index in [-0.39, 0.29) is 16.0 Å². The highest BCUT2D eigenvalue weighted by Crippen LogP contribution is 2.35. The smallest absolute Gasteiger partial charge is 0.268 e. The van der Waals surface area contributed by atoms with Crippen LogP contribution in [-0.4, -0.2) is 21.4 Å². The van der Waals surface area contributed by atoms with E-state index in [0.29, 0.717) is 0 Å². The zero-order valence-electron chi connectivity index (χ0n) is 7.21. The lowest BCUT2D eigenvalue weighted by Crippen LogP contribution is -2.40. The largest absolute Gasteiger partial charge is 0.346 e. The summed E-state index contributed by atoms with van der Waals surface area (Å²) >= 11 is 10.2. The van der Waals surface area contributed by atoms with E-state index < -0.39 is 16.5 Å². The molecule has 2 amide bonds. The van der Waals surface area contributed by atoms with Gasteiger partial charge < -0.3 is 0 Å². The number of hydrogen-bond acceptors (Lipinski definition) is 2. The molecule has 1 aliphatic rings. The number of hydrogen-bond donors (Lipinski definition) is 0. The van der Waals surface area contributed by atoms with Gasteiger partial charge in [-0.3, -0.25) is 9.59 Å². The lowest BCUT2D eigenvalue weighted by molar-refractivity contribution is 0.0482. The predicted molar refractivity (Wildman–Crippen MR) is 52.5 cm³/mol. The van der Waals surface area contributed by atoms with E-state index in [0.717, 1.165) is 0 Å². The second kappa shape index (κ2) is 3.18. The van der Waals surface area contributed by atoms with Crippen LogP contribution >= 0.6 is 23.2 Å². The van der Waals surface area contributed by atoms with Gasteiger partial charge in [0, 0.05) is 0 Å². The van der Waals surface area contributed by atoms with Crippen molar-refractivity contribution in [1.82, 2.24) is 4.90 Å². The molecule has 1 aromatic carbocycles. The Labute approximate surface area is 94.4 Å². The first-order valence-corrected chi connectivity index (χ1v) is 4.73. The van der Waals surface area contributed by atoms with Gasteiger partial charge in [0.25, 0.3) is 11.8 Å². The second-order valence-electron chi connectivity index (χ2n) is 2.96. The minimum Gasteiger partial charge on any atom is -0.268 e. The molecule has 0 fully saturated rings. The van der Waals surface area contributed by atoms with E-state index in [4.69, 9.17) is 23.2 Å². The third-order valence-corrected chi connectivity index (χ3v) is 2.39. The maximum absolute atomic E-state index is 13.2. The van der Waals surface area contributed by atoms with E-state index in [9.17, 15) is 14.0 Å². The molecule has 1 aliphatic heterocycles. The van der Waals surface area contributed by atoms with Crippen molar-refractivity contribution in [3.05, 3.63) is 35.4 Å². The van der Waals surface area contributed by atoms with Crippen molar-refractivity contribution >= 4 is 35.0 Å². The number of carbonyl (C=O) groups excluding carboxylic acids is 2. The lowest BCUT2D eigenvalue weighted by Gasteiger charge is -2.20. The van der Waals surface area contributed by atoms with Gasteiger partial charge in [0.1, 0.15) is 0 Å². The zero-order chi connectivity index (χ0) is 11.2. The monoisotopic (exact) mass is 247 g/mol. The van der Waals surface area contributed by atoms with E-state index in [1.54, 1.807) is 12.1 Å². The number of alkyl halides is 3. The molecule has 15 heavy (non-hydrogen) atoms. The molecule has 0 aliphatic carbocycles. The first-order chi connectivity index (χ1) is 6.93. The van der Waals surface area contributed by atoms with Gasteiger partial charge in [0.15, 0.2) is 0 Å². The van der Waals surface area contributed by atoms with Crippen LogP contribution in [0.15, 0.2) is 24.3 Å². The molecule has 0 unspecified atom stereocenters. The maximum Gasteiger partial charge on any atom is 0.346 e. The topological polar surface area (TPSA) is 37.4 Å². The van der Waals surface area contributed by atoms with E-state index >= 15 is 0 Å². The molecule has 0 radical (unpaired) electrons. The van der Waals surface area contributed by atoms with Crippen molar-refractivity contribution in [1.29, 1.82) is 0 Å². The van der Waals surface area contributed by atoms with Gasteiger partial charge in [-0.25, -0.2) is 4.90 Å². The van der Waals surface area contributed by atoms with Crippen molar-refractivity contribution in [2.75, 3.05) is 0 Å². The van der Waals surface area contributed by atoms with Gasteiger partial charge in [0.05, 0.1) is 11.1 Å². The van der Waals surface area contributed by atoms with Crippen LogP contribution in [0.2, 0.25) is 0 Å². The first-order valence-electron chi connectivity index (χ1n) is 3.97. The molecule has 0 N–H and O–H groups in total. The third kappa shape index (κ3) is 1.50. The van der Waals surface area contributed by atoms with Gasteiger partial charge in [-0.15, -0.1) is 0 Å². The summed E-state index contributed by atoms with van der Waals surface area (Å²) in [4.78, 5) is 23.3. The molecule has 0 saturated heterocycles. The van der Waals surface area contributed by atoms with Crippen molar-refractivity contribution < 1.29 is 14.0 Å². The zero-order valence-corrected chi connectivity index (χ0v) is 8.72. The summed E-state index contributed by atoms with van der Waals surface area (Å²) in [5.74, 6) is -1.66. The molecular formula is C9H4Cl2FNO2. The van der Waals surface area contributed by atoms with Crippen LogP contribution in [0, 0.1) is 0 Å². The fourth-order valence-electron chi connectivity index (χ4n) is 1.42. The Morgan fingerprint density at radius 2 is 1.47 bits per heavy atom. The summed E-state index contributed by atoms with van der Waals surface area (Å²) in [6, 6.07) is 5.95. The van der Waals surface area contributed by atoms with Gasteiger partial charge in [-0.05, 0) is 35.3 Å². The summed E-state index contributed by atoms with van der Waals surface area (Å²) < 4.78 is 10.2. The van der Waals surface area contributed by atoms with E-state index in [1.807, 2.05) is 0 Å². The van der Waals surface area contributed by atoms with E-state index in [2.05, 4.69) is 0 Å². The van der Waals surface area contributed by atoms with Crippen LogP contribution in [0.4, 0.5) is 4.39 Å². The normalized spacial score (nSPS) is 15.8. The minimum absolute atomic E-state index is 0.103. The molecule has 78 valence electrons. The molecule has 0 aromatic heterocycles. The highest BCUT2D eigenvalue weighted by Gasteiger charge is 2.47. The van der Waals surface area contributed by atoms with Crippen LogP contribution in [-0.2, 0) is 0 Å². The predicted octanol–water partition coefficient (Wildman–Crippen LogP) is 2.34. The van der Waals surface area contributed by atoms with Crippen LogP contribution in [0.1, 0.15) is 20.7 Å². The molecule has 0 saturated carbocycles. The molecule has 1 aromatic rings. The molecule has 0 atom stereocenters. The number of fused-ring (bicyclic) bond motifs is 1. The summed E-state index contributed by atoms with van der Waals surface area (Å²) in [6.07, 6.45) is 0. The van der Waals surface area contributed by atoms with E-state index in [1.165, 1.54) is 12.1 Å². The van der Waals surface area contributed by atoms with Crippen molar-refractivity contribution in [2.45, 2.75) is 4.71 Å². The van der Waals surface area contributed by atoms with Crippen molar-refractivity contribution in [3.8, 4) is 0 Å². The van der Waals surface area contributed by atoms with Gasteiger partial charge in [-0.1, -0.05) is 12.1 Å². The number of benzene rings is 1. The Balaban J connectivity index is 2.55. The number of imide groups is 1. The summed E-state index contributed by atoms with van der Waals surface area (Å²) in [6.45, 7) is 0. The van der Waals surface area contributed by atoms with Crippen LogP contribution < -0.4 is 0 Å².